The fraction of sp³-hybridized carbons (Fsp3) is 0.750. The predicted octanol–water partition coefficient (Wildman–Crippen LogP) is 0.981. The number of methoxy groups -OCH3 is 1. The minimum absolute atomic E-state index is 0. The smallest absolute Gasteiger partial charge is 0.193 e. The quantitative estimate of drug-likeness (QED) is 0.382. The number of rotatable bonds is 7. The van der Waals surface area contributed by atoms with E-state index in [2.05, 4.69) is 38.5 Å². The van der Waals surface area contributed by atoms with Crippen molar-refractivity contribution in [2.75, 3.05) is 60.5 Å². The molecule has 0 aliphatic carbocycles. The van der Waals surface area contributed by atoms with Gasteiger partial charge in [0.2, 0.25) is 0 Å². The lowest BCUT2D eigenvalue weighted by atomic mass is 10.0. The number of likely N-dealkylation sites (N-methyl/N-ethyl adjacent to an activating group) is 1. The first-order valence-corrected chi connectivity index (χ1v) is 8.25. The van der Waals surface area contributed by atoms with Crippen molar-refractivity contribution >= 4 is 29.9 Å². The van der Waals surface area contributed by atoms with Gasteiger partial charge < -0.3 is 19.9 Å². The second-order valence-corrected chi connectivity index (χ2v) is 6.15. The van der Waals surface area contributed by atoms with Gasteiger partial charge >= 0.3 is 0 Å². The van der Waals surface area contributed by atoms with Crippen molar-refractivity contribution in [1.82, 2.24) is 24.9 Å². The van der Waals surface area contributed by atoms with Crippen LogP contribution in [0, 0.1) is 0 Å². The topological polar surface area (TPSA) is 57.9 Å². The monoisotopic (exact) mass is 450 g/mol. The van der Waals surface area contributed by atoms with Crippen LogP contribution in [0.25, 0.3) is 0 Å². The van der Waals surface area contributed by atoms with Gasteiger partial charge in [-0.2, -0.15) is 5.10 Å². The maximum Gasteiger partial charge on any atom is 0.193 e. The summed E-state index contributed by atoms with van der Waals surface area (Å²) in [5.41, 5.74) is 1.32. The molecule has 24 heavy (non-hydrogen) atoms. The van der Waals surface area contributed by atoms with Crippen molar-refractivity contribution < 1.29 is 4.74 Å². The van der Waals surface area contributed by atoms with Crippen molar-refractivity contribution in [3.63, 3.8) is 0 Å². The predicted molar refractivity (Wildman–Crippen MR) is 108 cm³/mol. The molecule has 1 aliphatic rings. The summed E-state index contributed by atoms with van der Waals surface area (Å²) in [6.45, 7) is 5.63. The van der Waals surface area contributed by atoms with Crippen LogP contribution < -0.4 is 5.32 Å². The number of likely N-dealkylation sites (tertiary alicyclic amines) is 1. The van der Waals surface area contributed by atoms with Crippen LogP contribution in [0.4, 0.5) is 0 Å². The molecule has 2 rings (SSSR count). The highest BCUT2D eigenvalue weighted by molar-refractivity contribution is 14.0. The summed E-state index contributed by atoms with van der Waals surface area (Å²) in [5.74, 6) is 1.54. The number of hydrogen-bond acceptors (Lipinski definition) is 4. The van der Waals surface area contributed by atoms with Crippen molar-refractivity contribution in [2.45, 2.75) is 12.3 Å². The van der Waals surface area contributed by atoms with Gasteiger partial charge in [0.1, 0.15) is 0 Å². The second kappa shape index (κ2) is 10.9. The number of nitrogens with zero attached hydrogens (tertiary/aromatic N) is 5. The number of halogens is 1. The zero-order valence-corrected chi connectivity index (χ0v) is 17.6. The summed E-state index contributed by atoms with van der Waals surface area (Å²) in [4.78, 5) is 9.03. The largest absolute Gasteiger partial charge is 0.383 e. The molecule has 0 saturated carbocycles. The molecule has 138 valence electrons. The molecular formula is C16H31IN6O. The molecule has 0 amide bonds. The van der Waals surface area contributed by atoms with Gasteiger partial charge in [0.25, 0.3) is 0 Å². The molecule has 1 aliphatic heterocycles. The zero-order chi connectivity index (χ0) is 16.7. The molecule has 1 aromatic rings. The number of ether oxygens (including phenoxy) is 1. The highest BCUT2D eigenvalue weighted by atomic mass is 127. The van der Waals surface area contributed by atoms with Crippen LogP contribution in [0.2, 0.25) is 0 Å². The fourth-order valence-electron chi connectivity index (χ4n) is 2.93. The van der Waals surface area contributed by atoms with Crippen molar-refractivity contribution in [1.29, 1.82) is 0 Å². The van der Waals surface area contributed by atoms with Crippen LogP contribution in [0.15, 0.2) is 17.4 Å². The lowest BCUT2D eigenvalue weighted by Gasteiger charge is -2.23. The van der Waals surface area contributed by atoms with E-state index in [4.69, 9.17) is 4.74 Å². The van der Waals surface area contributed by atoms with E-state index in [1.165, 1.54) is 5.56 Å². The Morgan fingerprint density at radius 1 is 1.50 bits per heavy atom. The first-order chi connectivity index (χ1) is 11.1. The molecule has 8 heteroatoms. The van der Waals surface area contributed by atoms with Gasteiger partial charge in [0.05, 0.1) is 12.8 Å². The van der Waals surface area contributed by atoms with Crippen molar-refractivity contribution in [2.24, 2.45) is 12.0 Å². The molecule has 0 radical (unpaired) electrons. The van der Waals surface area contributed by atoms with E-state index < -0.39 is 0 Å². The average molecular weight is 450 g/mol. The van der Waals surface area contributed by atoms with Gasteiger partial charge in [-0.15, -0.1) is 24.0 Å². The van der Waals surface area contributed by atoms with Crippen molar-refractivity contribution in [3.05, 3.63) is 18.0 Å². The standard InChI is InChI=1S/C16H30N6O.HI/c1-17-16(18-6-8-20(2)9-10-23-4)22-7-5-14(13-22)15-11-19-21(3)12-15;/h11-12,14H,5-10,13H2,1-4H3,(H,17,18);1H. The number of nitrogens with one attached hydrogen (secondary N) is 1. The Morgan fingerprint density at radius 2 is 2.29 bits per heavy atom. The van der Waals surface area contributed by atoms with E-state index in [1.54, 1.807) is 7.11 Å². The zero-order valence-electron chi connectivity index (χ0n) is 15.2. The summed E-state index contributed by atoms with van der Waals surface area (Å²) in [5, 5.41) is 7.75. The Morgan fingerprint density at radius 3 is 2.92 bits per heavy atom. The molecule has 1 unspecified atom stereocenters. The van der Waals surface area contributed by atoms with Gasteiger partial charge in [0, 0.05) is 66.0 Å². The summed E-state index contributed by atoms with van der Waals surface area (Å²) in [7, 11) is 7.67. The molecule has 0 bridgehead atoms. The maximum atomic E-state index is 5.10. The van der Waals surface area contributed by atoms with Gasteiger partial charge in [-0.05, 0) is 19.0 Å². The summed E-state index contributed by atoms with van der Waals surface area (Å²) in [6.07, 6.45) is 5.25. The Hall–Kier alpha value is -0.870. The average Bonchev–Trinajstić information content (AvgIpc) is 3.18. The van der Waals surface area contributed by atoms with Crippen LogP contribution in [0.3, 0.4) is 0 Å². The van der Waals surface area contributed by atoms with E-state index in [1.807, 2.05) is 25.0 Å². The number of aryl methyl sites for hydroxylation is 1. The van der Waals surface area contributed by atoms with E-state index in [0.29, 0.717) is 5.92 Å². The molecule has 2 heterocycles. The molecule has 7 nitrogen and oxygen atoms in total. The van der Waals surface area contributed by atoms with E-state index in [-0.39, 0.29) is 24.0 Å². The lowest BCUT2D eigenvalue weighted by Crippen LogP contribution is -2.43. The number of aliphatic imine (C=N–C) groups is 1. The maximum absolute atomic E-state index is 5.10. The highest BCUT2D eigenvalue weighted by Crippen LogP contribution is 2.26. The van der Waals surface area contributed by atoms with Gasteiger partial charge in [-0.3, -0.25) is 9.67 Å². The Kier molecular flexibility index (Phi) is 9.60. The molecule has 1 aromatic heterocycles. The van der Waals surface area contributed by atoms with Crippen molar-refractivity contribution in [3.8, 4) is 0 Å². The molecule has 1 N–H and O–H groups in total. The Labute approximate surface area is 162 Å². The van der Waals surface area contributed by atoms with E-state index >= 15 is 0 Å². The SMILES string of the molecule is CN=C(NCCN(C)CCOC)N1CCC(c2cnn(C)c2)C1.I. The Balaban J connectivity index is 0.00000288. The third kappa shape index (κ3) is 6.21. The van der Waals surface area contributed by atoms with Gasteiger partial charge in [0.15, 0.2) is 5.96 Å². The third-order valence-electron chi connectivity index (χ3n) is 4.35. The van der Waals surface area contributed by atoms with Gasteiger partial charge in [-0.1, -0.05) is 0 Å². The third-order valence-corrected chi connectivity index (χ3v) is 4.35. The normalized spacial score (nSPS) is 18.1. The Bertz CT molecular complexity index is 507. The lowest BCUT2D eigenvalue weighted by molar-refractivity contribution is 0.162. The molecule has 0 aromatic carbocycles. The molecule has 1 atom stereocenters. The molecule has 0 spiro atoms. The fourth-order valence-corrected chi connectivity index (χ4v) is 2.93. The molecule has 1 saturated heterocycles. The number of aromatic nitrogens is 2. The summed E-state index contributed by atoms with van der Waals surface area (Å²) < 4.78 is 6.97. The van der Waals surface area contributed by atoms with Gasteiger partial charge in [-0.25, -0.2) is 0 Å². The van der Waals surface area contributed by atoms with Crippen LogP contribution in [-0.2, 0) is 11.8 Å². The highest BCUT2D eigenvalue weighted by Gasteiger charge is 2.26. The van der Waals surface area contributed by atoms with Crippen LogP contribution in [0.1, 0.15) is 17.9 Å². The number of guanidine groups is 1. The summed E-state index contributed by atoms with van der Waals surface area (Å²) in [6, 6.07) is 0. The number of hydrogen-bond donors (Lipinski definition) is 1. The first-order valence-electron chi connectivity index (χ1n) is 8.25. The van der Waals surface area contributed by atoms with Crippen LogP contribution in [0.5, 0.6) is 0 Å². The van der Waals surface area contributed by atoms with Crippen LogP contribution >= 0.6 is 24.0 Å². The first kappa shape index (κ1) is 21.2. The minimum Gasteiger partial charge on any atom is -0.383 e. The second-order valence-electron chi connectivity index (χ2n) is 6.15. The van der Waals surface area contributed by atoms with E-state index in [9.17, 15) is 0 Å². The minimum atomic E-state index is 0. The molecular weight excluding hydrogens is 419 g/mol. The summed E-state index contributed by atoms with van der Waals surface area (Å²) >= 11 is 0. The van der Waals surface area contributed by atoms with E-state index in [0.717, 1.165) is 51.7 Å². The molecule has 1 fully saturated rings. The van der Waals surface area contributed by atoms with Crippen LogP contribution in [-0.4, -0.2) is 86.1 Å².